The van der Waals surface area contributed by atoms with Crippen LogP contribution in [-0.2, 0) is 4.84 Å². The van der Waals surface area contributed by atoms with Gasteiger partial charge in [-0.2, -0.15) is 10.0 Å². The summed E-state index contributed by atoms with van der Waals surface area (Å²) in [7, 11) is 2.17. The van der Waals surface area contributed by atoms with Gasteiger partial charge in [0.15, 0.2) is 0 Å². The topological polar surface area (TPSA) is 22.2 Å². The molecule has 0 aromatic heterocycles. The van der Waals surface area contributed by atoms with Crippen molar-refractivity contribution >= 4 is 0 Å². The first-order chi connectivity index (χ1) is 10.9. The van der Waals surface area contributed by atoms with E-state index in [0.717, 1.165) is 32.6 Å². The van der Waals surface area contributed by atoms with Gasteiger partial charge >= 0.3 is 0 Å². The van der Waals surface area contributed by atoms with Crippen molar-refractivity contribution < 1.29 is 4.84 Å². The second-order valence-corrected chi connectivity index (χ2v) is 7.14. The van der Waals surface area contributed by atoms with Gasteiger partial charge in [-0.25, -0.2) is 0 Å². The Morgan fingerprint density at radius 2 is 1.52 bits per heavy atom. The molecule has 5 nitrogen and oxygen atoms in total. The first-order valence-electron chi connectivity index (χ1n) is 9.63. The van der Waals surface area contributed by atoms with E-state index in [0.29, 0.717) is 6.17 Å². The first-order valence-corrected chi connectivity index (χ1v) is 9.63. The van der Waals surface area contributed by atoms with Crippen molar-refractivity contribution in [2.75, 3.05) is 33.2 Å². The summed E-state index contributed by atoms with van der Waals surface area (Å²) < 4.78 is 0. The fourth-order valence-corrected chi connectivity index (χ4v) is 2.91. The van der Waals surface area contributed by atoms with E-state index in [1.807, 2.05) is 0 Å². The Balaban J connectivity index is 2.74. The Morgan fingerprint density at radius 3 is 1.91 bits per heavy atom. The number of hydrogen-bond donors (Lipinski definition) is 0. The van der Waals surface area contributed by atoms with Gasteiger partial charge in [-0.1, -0.05) is 40.5 Å². The second-order valence-electron chi connectivity index (χ2n) is 7.14. The number of hydrazine groups is 2. The molecule has 138 valence electrons. The number of nitrogens with zero attached hydrogens (tertiary/aromatic N) is 4. The van der Waals surface area contributed by atoms with Crippen molar-refractivity contribution in [2.24, 2.45) is 0 Å². The molecule has 1 heterocycles. The van der Waals surface area contributed by atoms with Crippen LogP contribution in [0, 0.1) is 0 Å². The van der Waals surface area contributed by atoms with Crippen LogP contribution in [0.15, 0.2) is 0 Å². The summed E-state index contributed by atoms with van der Waals surface area (Å²) in [5.41, 5.74) is -0.153. The molecule has 0 radical (unpaired) electrons. The van der Waals surface area contributed by atoms with Gasteiger partial charge in [0.05, 0.1) is 6.17 Å². The third-order valence-corrected chi connectivity index (χ3v) is 4.98. The molecule has 0 aromatic carbocycles. The average Bonchev–Trinajstić information content (AvgIpc) is 2.54. The lowest BCUT2D eigenvalue weighted by molar-refractivity contribution is -0.524. The molecule has 1 rings (SSSR count). The van der Waals surface area contributed by atoms with Gasteiger partial charge in [0.2, 0.25) is 0 Å². The van der Waals surface area contributed by atoms with Gasteiger partial charge in [-0.05, 0) is 52.0 Å². The van der Waals surface area contributed by atoms with E-state index in [-0.39, 0.29) is 5.60 Å². The van der Waals surface area contributed by atoms with Gasteiger partial charge in [-0.3, -0.25) is 4.84 Å². The highest BCUT2D eigenvalue weighted by atomic mass is 16.8. The molecule has 0 amide bonds. The quantitative estimate of drug-likeness (QED) is 0.543. The van der Waals surface area contributed by atoms with E-state index in [4.69, 9.17) is 4.84 Å². The molecule has 1 unspecified atom stereocenters. The zero-order valence-corrected chi connectivity index (χ0v) is 16.6. The maximum Gasteiger partial charge on any atom is 0.103 e. The van der Waals surface area contributed by atoms with Crippen molar-refractivity contribution in [1.29, 1.82) is 0 Å². The SMILES string of the molecule is CCCCN1C(C)N(CCCC)N1OC(C)(CC)CN(C)CC. The average molecular weight is 329 g/mol. The minimum absolute atomic E-state index is 0.153. The molecule has 1 fully saturated rings. The molecule has 0 aliphatic carbocycles. The summed E-state index contributed by atoms with van der Waals surface area (Å²) in [6.45, 7) is 17.6. The predicted molar refractivity (Wildman–Crippen MR) is 97.5 cm³/mol. The molecule has 1 atom stereocenters. The van der Waals surface area contributed by atoms with Gasteiger partial charge < -0.3 is 4.90 Å². The van der Waals surface area contributed by atoms with Gasteiger partial charge in [-0.15, -0.1) is 0 Å². The standard InChI is InChI=1S/C18H40N4O/c1-8-12-14-20-17(5)21(15-13-9-2)22(20)23-18(6,10-3)16-19(7)11-4/h17H,8-16H2,1-7H3. The van der Waals surface area contributed by atoms with E-state index in [1.165, 1.54) is 25.7 Å². The fraction of sp³-hybridized carbons (Fsp3) is 1.00. The summed E-state index contributed by atoms with van der Waals surface area (Å²) in [5, 5.41) is 6.82. The van der Waals surface area contributed by atoms with Crippen molar-refractivity contribution in [3.63, 3.8) is 0 Å². The molecule has 1 aliphatic heterocycles. The van der Waals surface area contributed by atoms with E-state index >= 15 is 0 Å². The van der Waals surface area contributed by atoms with Gasteiger partial charge in [0.1, 0.15) is 5.60 Å². The molecular formula is C18H40N4O. The summed E-state index contributed by atoms with van der Waals surface area (Å²) in [6, 6.07) is 0. The van der Waals surface area contributed by atoms with Gasteiger partial charge in [0.25, 0.3) is 0 Å². The largest absolute Gasteiger partial charge is 0.304 e. The maximum atomic E-state index is 6.53. The normalized spacial score (nSPS) is 20.9. The summed E-state index contributed by atoms with van der Waals surface area (Å²) >= 11 is 0. The monoisotopic (exact) mass is 328 g/mol. The van der Waals surface area contributed by atoms with Gasteiger partial charge in [0, 0.05) is 19.6 Å². The molecule has 1 saturated heterocycles. The van der Waals surface area contributed by atoms with Crippen molar-refractivity contribution in [3.05, 3.63) is 0 Å². The second kappa shape index (κ2) is 9.94. The molecule has 0 aromatic rings. The lowest BCUT2D eigenvalue weighted by atomic mass is 10.0. The summed E-state index contributed by atoms with van der Waals surface area (Å²) in [4.78, 5) is 8.86. The molecule has 5 heteroatoms. The molecule has 23 heavy (non-hydrogen) atoms. The van der Waals surface area contributed by atoms with E-state index in [1.54, 1.807) is 0 Å². The van der Waals surface area contributed by atoms with Crippen LogP contribution in [0.1, 0.15) is 73.6 Å². The van der Waals surface area contributed by atoms with Crippen LogP contribution in [0.25, 0.3) is 0 Å². The highest BCUT2D eigenvalue weighted by molar-refractivity contribution is 4.79. The number of hydrogen-bond acceptors (Lipinski definition) is 5. The first kappa shape index (κ1) is 20.8. The van der Waals surface area contributed by atoms with Crippen LogP contribution in [0.4, 0.5) is 0 Å². The lowest BCUT2D eigenvalue weighted by Gasteiger charge is -2.58. The molecule has 0 spiro atoms. The Kier molecular flexibility index (Phi) is 9.01. The van der Waals surface area contributed by atoms with Crippen LogP contribution in [0.5, 0.6) is 0 Å². The van der Waals surface area contributed by atoms with E-state index in [2.05, 4.69) is 68.8 Å². The van der Waals surface area contributed by atoms with E-state index < -0.39 is 0 Å². The number of rotatable bonds is 12. The van der Waals surface area contributed by atoms with Crippen molar-refractivity contribution in [3.8, 4) is 0 Å². The fourth-order valence-electron chi connectivity index (χ4n) is 2.91. The molecule has 1 aliphatic rings. The number of unbranched alkanes of at least 4 members (excludes halogenated alkanes) is 2. The summed E-state index contributed by atoms with van der Waals surface area (Å²) in [5.74, 6) is 0. The molecule has 0 N–H and O–H groups in total. The molecular weight excluding hydrogens is 288 g/mol. The van der Waals surface area contributed by atoms with Crippen molar-refractivity contribution in [1.82, 2.24) is 20.2 Å². The van der Waals surface area contributed by atoms with Crippen LogP contribution < -0.4 is 0 Å². The molecule has 0 saturated carbocycles. The van der Waals surface area contributed by atoms with Crippen LogP contribution in [0.2, 0.25) is 0 Å². The van der Waals surface area contributed by atoms with Crippen molar-refractivity contribution in [2.45, 2.75) is 85.4 Å². The highest BCUT2D eigenvalue weighted by Gasteiger charge is 2.45. The molecule has 0 bridgehead atoms. The highest BCUT2D eigenvalue weighted by Crippen LogP contribution is 2.31. The Bertz CT molecular complexity index is 312. The third kappa shape index (κ3) is 5.68. The maximum absolute atomic E-state index is 6.53. The zero-order chi connectivity index (χ0) is 17.5. The Hall–Kier alpha value is -0.200. The minimum atomic E-state index is -0.153. The summed E-state index contributed by atoms with van der Waals surface area (Å²) in [6.07, 6.45) is 6.31. The Labute approximate surface area is 144 Å². The Morgan fingerprint density at radius 1 is 1.00 bits per heavy atom. The third-order valence-electron chi connectivity index (χ3n) is 4.98. The minimum Gasteiger partial charge on any atom is -0.304 e. The van der Waals surface area contributed by atoms with E-state index in [9.17, 15) is 0 Å². The predicted octanol–water partition coefficient (Wildman–Crippen LogP) is 3.73. The lowest BCUT2D eigenvalue weighted by Crippen LogP contribution is -2.75. The number of likely N-dealkylation sites (N-methyl/N-ethyl adjacent to an activating group) is 1. The zero-order valence-electron chi connectivity index (χ0n) is 16.6. The van der Waals surface area contributed by atoms with Crippen LogP contribution >= 0.6 is 0 Å². The van der Waals surface area contributed by atoms with Crippen LogP contribution in [0.3, 0.4) is 0 Å². The van der Waals surface area contributed by atoms with Crippen LogP contribution in [-0.4, -0.2) is 65.2 Å². The smallest absolute Gasteiger partial charge is 0.103 e.